The summed E-state index contributed by atoms with van der Waals surface area (Å²) in [6.45, 7) is 0.151. The van der Waals surface area contributed by atoms with E-state index in [9.17, 15) is 9.59 Å². The van der Waals surface area contributed by atoms with Crippen LogP contribution in [0.5, 0.6) is 34.5 Å². The number of methoxy groups -OCH3 is 2. The second kappa shape index (κ2) is 8.09. The van der Waals surface area contributed by atoms with Crippen LogP contribution in [0.25, 0.3) is 6.08 Å². The molecule has 0 radical (unpaired) electrons. The maximum Gasteiger partial charge on any atom is 0.312 e. The number of ether oxygens (including phenoxy) is 6. The second-order valence-electron chi connectivity index (χ2n) is 8.25. The van der Waals surface area contributed by atoms with E-state index < -0.39 is 0 Å². The number of hydrogen-bond acceptors (Lipinski definition) is 8. The van der Waals surface area contributed by atoms with E-state index in [0.29, 0.717) is 51.2 Å². The van der Waals surface area contributed by atoms with Crippen molar-refractivity contribution in [2.24, 2.45) is 0 Å². The highest BCUT2D eigenvalue weighted by molar-refractivity contribution is 6.15. The molecule has 6 rings (SSSR count). The van der Waals surface area contributed by atoms with Gasteiger partial charge in [-0.1, -0.05) is 6.07 Å². The predicted molar refractivity (Wildman–Crippen MR) is 124 cm³/mol. The van der Waals surface area contributed by atoms with Crippen LogP contribution in [0.2, 0.25) is 0 Å². The molecule has 0 amide bonds. The van der Waals surface area contributed by atoms with Gasteiger partial charge in [0.25, 0.3) is 0 Å². The van der Waals surface area contributed by atoms with Gasteiger partial charge in [0, 0.05) is 23.1 Å². The highest BCUT2D eigenvalue weighted by Gasteiger charge is 2.39. The Balaban J connectivity index is 1.43. The summed E-state index contributed by atoms with van der Waals surface area (Å²) < 4.78 is 33.3. The topological polar surface area (TPSA) is 89.5 Å². The van der Waals surface area contributed by atoms with Crippen LogP contribution >= 0.6 is 0 Å². The monoisotopic (exact) mass is 472 g/mol. The molecule has 176 valence electrons. The van der Waals surface area contributed by atoms with Gasteiger partial charge in [0.2, 0.25) is 12.6 Å². The molecule has 0 unspecified atom stereocenters. The molecule has 1 atom stereocenters. The maximum absolute atomic E-state index is 13.3. The minimum Gasteiger partial charge on any atom is -0.497 e. The maximum atomic E-state index is 13.3. The summed E-state index contributed by atoms with van der Waals surface area (Å²) in [5, 5.41) is 0. The average Bonchev–Trinajstić information content (AvgIpc) is 3.47. The molecule has 0 bridgehead atoms. The Morgan fingerprint density at radius 3 is 2.54 bits per heavy atom. The van der Waals surface area contributed by atoms with Crippen LogP contribution in [0.4, 0.5) is 0 Å². The molecule has 3 aromatic carbocycles. The normalized spacial score (nSPS) is 18.6. The summed E-state index contributed by atoms with van der Waals surface area (Å²) in [7, 11) is 3.11. The van der Waals surface area contributed by atoms with Gasteiger partial charge in [-0.25, -0.2) is 0 Å². The van der Waals surface area contributed by atoms with Gasteiger partial charge < -0.3 is 28.4 Å². The van der Waals surface area contributed by atoms with Crippen LogP contribution in [0.3, 0.4) is 0 Å². The first-order valence-corrected chi connectivity index (χ1v) is 11.0. The van der Waals surface area contributed by atoms with Crippen LogP contribution in [0.15, 0.2) is 54.3 Å². The first-order valence-electron chi connectivity index (χ1n) is 11.0. The Morgan fingerprint density at radius 2 is 1.71 bits per heavy atom. The molecule has 0 spiro atoms. The van der Waals surface area contributed by atoms with E-state index in [-0.39, 0.29) is 36.6 Å². The molecule has 0 aliphatic carbocycles. The number of allylic oxidation sites excluding steroid dienone is 1. The number of carbonyl (C=O) groups excluding carboxylic acids is 2. The summed E-state index contributed by atoms with van der Waals surface area (Å²) >= 11 is 0. The van der Waals surface area contributed by atoms with Gasteiger partial charge in [0.1, 0.15) is 23.0 Å². The zero-order valence-corrected chi connectivity index (χ0v) is 19.0. The third-order valence-electron chi connectivity index (χ3n) is 6.31. The van der Waals surface area contributed by atoms with E-state index in [2.05, 4.69) is 0 Å². The molecule has 8 heteroatoms. The van der Waals surface area contributed by atoms with Crippen molar-refractivity contribution in [2.75, 3.05) is 21.0 Å². The minimum absolute atomic E-state index is 0.103. The second-order valence-corrected chi connectivity index (χ2v) is 8.25. The fourth-order valence-corrected chi connectivity index (χ4v) is 4.60. The van der Waals surface area contributed by atoms with Gasteiger partial charge in [-0.3, -0.25) is 9.59 Å². The predicted octanol–water partition coefficient (Wildman–Crippen LogP) is 4.49. The molecular formula is C27H20O8. The molecule has 3 heterocycles. The van der Waals surface area contributed by atoms with Gasteiger partial charge in [0.15, 0.2) is 17.3 Å². The van der Waals surface area contributed by atoms with Crippen molar-refractivity contribution >= 4 is 17.8 Å². The lowest BCUT2D eigenvalue weighted by Gasteiger charge is -2.26. The molecule has 3 aliphatic rings. The lowest BCUT2D eigenvalue weighted by molar-refractivity contribution is -0.135. The lowest BCUT2D eigenvalue weighted by Crippen LogP contribution is -2.21. The molecule has 0 aromatic heterocycles. The number of esters is 1. The Bertz CT molecular complexity index is 1420. The highest BCUT2D eigenvalue weighted by Crippen LogP contribution is 2.50. The quantitative estimate of drug-likeness (QED) is 0.312. The number of rotatable bonds is 4. The van der Waals surface area contributed by atoms with E-state index in [1.807, 2.05) is 18.2 Å². The average molecular weight is 472 g/mol. The molecule has 3 aliphatic heterocycles. The summed E-state index contributed by atoms with van der Waals surface area (Å²) in [4.78, 5) is 25.7. The van der Waals surface area contributed by atoms with E-state index in [1.54, 1.807) is 50.6 Å². The van der Waals surface area contributed by atoms with Crippen molar-refractivity contribution in [1.82, 2.24) is 0 Å². The van der Waals surface area contributed by atoms with Crippen molar-refractivity contribution in [1.29, 1.82) is 0 Å². The molecule has 35 heavy (non-hydrogen) atoms. The fourth-order valence-electron chi connectivity index (χ4n) is 4.60. The lowest BCUT2D eigenvalue weighted by atomic mass is 9.84. The number of Topliss-reactive ketones (excluding diaryl/α,β-unsaturated/α-hetero) is 1. The fraction of sp³-hybridized carbons (Fsp3) is 0.185. The molecule has 8 nitrogen and oxygen atoms in total. The molecule has 0 fully saturated rings. The van der Waals surface area contributed by atoms with Crippen molar-refractivity contribution in [3.63, 3.8) is 0 Å². The minimum atomic E-state index is -0.377. The molecular weight excluding hydrogens is 452 g/mol. The first kappa shape index (κ1) is 21.1. The van der Waals surface area contributed by atoms with Crippen LogP contribution in [0.1, 0.15) is 39.4 Å². The van der Waals surface area contributed by atoms with E-state index >= 15 is 0 Å². The first-order chi connectivity index (χ1) is 17.1. The van der Waals surface area contributed by atoms with Crippen molar-refractivity contribution < 1.29 is 38.0 Å². The highest BCUT2D eigenvalue weighted by atomic mass is 16.7. The number of ketones is 1. The summed E-state index contributed by atoms with van der Waals surface area (Å²) in [5.41, 5.74) is 2.56. The van der Waals surface area contributed by atoms with Gasteiger partial charge >= 0.3 is 5.97 Å². The zero-order chi connectivity index (χ0) is 24.1. The molecule has 0 saturated heterocycles. The smallest absolute Gasteiger partial charge is 0.312 e. The third kappa shape index (κ3) is 3.45. The van der Waals surface area contributed by atoms with Gasteiger partial charge in [-0.05, 0) is 48.0 Å². The largest absolute Gasteiger partial charge is 0.497 e. The van der Waals surface area contributed by atoms with Gasteiger partial charge in [0.05, 0.1) is 26.2 Å². The van der Waals surface area contributed by atoms with E-state index in [1.165, 1.54) is 0 Å². The zero-order valence-electron chi connectivity index (χ0n) is 19.0. The summed E-state index contributed by atoms with van der Waals surface area (Å²) in [6.07, 6.45) is 1.74. The standard InChI is InChI=1S/C27H20O8/c1-30-16-5-3-15(21(11-16)31-2)10-23-26(29)17-6-8-20-25(27(17)35-23)18(12-24(28)34-20)14-4-7-19-22(9-14)33-13-32-19/h3-11,18H,12-13H2,1-2H3/b23-10-/t18-/m1/s1. The van der Waals surface area contributed by atoms with Gasteiger partial charge in [-0.15, -0.1) is 0 Å². The SMILES string of the molecule is COc1ccc(/C=C2\Oc3c(ccc4c3[C@@H](c3ccc5c(c3)OCO5)CC(=O)O4)C2=O)c(OC)c1. The summed E-state index contributed by atoms with van der Waals surface area (Å²) in [5.74, 6) is 2.35. The number of benzene rings is 3. The van der Waals surface area contributed by atoms with Crippen molar-refractivity contribution in [3.05, 3.63) is 76.5 Å². The van der Waals surface area contributed by atoms with E-state index in [0.717, 1.165) is 5.56 Å². The molecule has 0 N–H and O–H groups in total. The Morgan fingerprint density at radius 1 is 0.886 bits per heavy atom. The van der Waals surface area contributed by atoms with Gasteiger partial charge in [-0.2, -0.15) is 0 Å². The van der Waals surface area contributed by atoms with Crippen LogP contribution in [-0.4, -0.2) is 32.8 Å². The third-order valence-corrected chi connectivity index (χ3v) is 6.31. The van der Waals surface area contributed by atoms with Crippen molar-refractivity contribution in [3.8, 4) is 34.5 Å². The Kier molecular flexibility index (Phi) is 4.88. The Labute approximate surface area is 200 Å². The molecule has 0 saturated carbocycles. The summed E-state index contributed by atoms with van der Waals surface area (Å²) in [6, 6.07) is 14.1. The number of fused-ring (bicyclic) bond motifs is 4. The van der Waals surface area contributed by atoms with Crippen LogP contribution in [-0.2, 0) is 4.79 Å². The van der Waals surface area contributed by atoms with Crippen LogP contribution in [0, 0.1) is 0 Å². The van der Waals surface area contributed by atoms with E-state index in [4.69, 9.17) is 28.4 Å². The molecule has 3 aromatic rings. The number of hydrogen-bond donors (Lipinski definition) is 0. The Hall–Kier alpha value is -4.46. The van der Waals surface area contributed by atoms with Crippen LogP contribution < -0.4 is 28.4 Å². The number of carbonyl (C=O) groups is 2. The van der Waals surface area contributed by atoms with Crippen molar-refractivity contribution in [2.45, 2.75) is 12.3 Å².